The van der Waals surface area contributed by atoms with Crippen molar-refractivity contribution in [3.8, 4) is 34.3 Å². The third kappa shape index (κ3) is 2.73. The molecular formula is C20H17N7. The Morgan fingerprint density at radius 2 is 1.96 bits per heavy atom. The van der Waals surface area contributed by atoms with Crippen LogP contribution in [0, 0.1) is 25.2 Å². The van der Waals surface area contributed by atoms with Crippen molar-refractivity contribution in [2.75, 3.05) is 5.73 Å². The van der Waals surface area contributed by atoms with Gasteiger partial charge in [0.1, 0.15) is 17.5 Å². The molecule has 0 aliphatic carbocycles. The van der Waals surface area contributed by atoms with Gasteiger partial charge in [0.15, 0.2) is 0 Å². The number of anilines is 1. The third-order valence-corrected chi connectivity index (χ3v) is 4.51. The first-order chi connectivity index (χ1) is 13.1. The van der Waals surface area contributed by atoms with Crippen LogP contribution in [0.2, 0.25) is 0 Å². The summed E-state index contributed by atoms with van der Waals surface area (Å²) in [6.07, 6.45) is 5.40. The molecular weight excluding hydrogens is 338 g/mol. The molecule has 0 amide bonds. The fraction of sp³-hybridized carbons (Fsp3) is 0.100. The maximum atomic E-state index is 9.68. The second-order valence-corrected chi connectivity index (χ2v) is 6.20. The van der Waals surface area contributed by atoms with Crippen molar-refractivity contribution >= 4 is 5.82 Å². The summed E-state index contributed by atoms with van der Waals surface area (Å²) in [5.41, 5.74) is 12.3. The standard InChI is InChI=1S/C20H17N7/c1-12-19(13(2)26-25-12)17-10-15(16(11-21)20(22)24-17)18-4-3-9-27(18)14-5-7-23-8-6-14/h3-10H,1-2H3,(H2,22,24)(H,25,26). The van der Waals surface area contributed by atoms with Crippen molar-refractivity contribution in [2.45, 2.75) is 13.8 Å². The monoisotopic (exact) mass is 355 g/mol. The number of nitrogens with two attached hydrogens (primary N) is 1. The highest BCUT2D eigenvalue weighted by Gasteiger charge is 2.19. The second kappa shape index (κ2) is 6.42. The Labute approximate surface area is 156 Å². The van der Waals surface area contributed by atoms with E-state index in [1.807, 2.05) is 54.9 Å². The van der Waals surface area contributed by atoms with Crippen LogP contribution in [0.5, 0.6) is 0 Å². The summed E-state index contributed by atoms with van der Waals surface area (Å²) < 4.78 is 2.00. The van der Waals surface area contributed by atoms with Crippen LogP contribution in [0.4, 0.5) is 5.82 Å². The van der Waals surface area contributed by atoms with E-state index in [0.717, 1.165) is 33.9 Å². The molecule has 0 radical (unpaired) electrons. The van der Waals surface area contributed by atoms with Crippen LogP contribution >= 0.6 is 0 Å². The molecule has 0 saturated carbocycles. The molecule has 4 heterocycles. The summed E-state index contributed by atoms with van der Waals surface area (Å²) in [5, 5.41) is 16.9. The highest BCUT2D eigenvalue weighted by Crippen LogP contribution is 2.34. The van der Waals surface area contributed by atoms with Gasteiger partial charge < -0.3 is 10.3 Å². The van der Waals surface area contributed by atoms with Gasteiger partial charge in [0, 0.05) is 41.1 Å². The van der Waals surface area contributed by atoms with Gasteiger partial charge in [-0.2, -0.15) is 10.4 Å². The molecule has 27 heavy (non-hydrogen) atoms. The Bertz CT molecular complexity index is 1140. The van der Waals surface area contributed by atoms with Gasteiger partial charge in [-0.05, 0) is 44.2 Å². The number of hydrogen-bond acceptors (Lipinski definition) is 5. The minimum absolute atomic E-state index is 0.201. The second-order valence-electron chi connectivity index (χ2n) is 6.20. The first-order valence-corrected chi connectivity index (χ1v) is 8.41. The Balaban J connectivity index is 1.97. The summed E-state index contributed by atoms with van der Waals surface area (Å²) in [6, 6.07) is 11.8. The number of hydrogen-bond donors (Lipinski definition) is 2. The van der Waals surface area contributed by atoms with Crippen LogP contribution in [0.15, 0.2) is 48.9 Å². The number of nitrogens with zero attached hydrogens (tertiary/aromatic N) is 5. The molecule has 4 rings (SSSR count). The van der Waals surface area contributed by atoms with Crippen LogP contribution in [0.25, 0.3) is 28.2 Å². The number of nitrogen functional groups attached to an aromatic ring is 1. The zero-order valence-electron chi connectivity index (χ0n) is 14.9. The van der Waals surface area contributed by atoms with Gasteiger partial charge in [-0.3, -0.25) is 10.1 Å². The van der Waals surface area contributed by atoms with Crippen molar-refractivity contribution in [1.82, 2.24) is 24.7 Å². The van der Waals surface area contributed by atoms with Crippen molar-refractivity contribution < 1.29 is 0 Å². The van der Waals surface area contributed by atoms with Crippen LogP contribution in [-0.2, 0) is 0 Å². The molecule has 0 fully saturated rings. The predicted molar refractivity (Wildman–Crippen MR) is 103 cm³/mol. The molecule has 3 N–H and O–H groups in total. The van der Waals surface area contributed by atoms with E-state index < -0.39 is 0 Å². The summed E-state index contributed by atoms with van der Waals surface area (Å²) >= 11 is 0. The Morgan fingerprint density at radius 3 is 2.63 bits per heavy atom. The maximum absolute atomic E-state index is 9.68. The highest BCUT2D eigenvalue weighted by molar-refractivity contribution is 5.80. The molecule has 4 aromatic heterocycles. The lowest BCUT2D eigenvalue weighted by atomic mass is 10.0. The van der Waals surface area contributed by atoms with Crippen LogP contribution in [-0.4, -0.2) is 24.7 Å². The fourth-order valence-electron chi connectivity index (χ4n) is 3.27. The molecule has 0 aliphatic rings. The molecule has 0 bridgehead atoms. The zero-order valence-corrected chi connectivity index (χ0v) is 14.9. The van der Waals surface area contributed by atoms with E-state index in [1.165, 1.54) is 0 Å². The quantitative estimate of drug-likeness (QED) is 0.585. The van der Waals surface area contributed by atoms with Crippen molar-refractivity contribution in [1.29, 1.82) is 5.26 Å². The normalized spacial score (nSPS) is 10.7. The number of aromatic nitrogens is 5. The van der Waals surface area contributed by atoms with Crippen LogP contribution in [0.1, 0.15) is 17.0 Å². The molecule has 0 spiro atoms. The molecule has 0 atom stereocenters. The largest absolute Gasteiger partial charge is 0.383 e. The summed E-state index contributed by atoms with van der Waals surface area (Å²) in [6.45, 7) is 3.85. The molecule has 0 aliphatic heterocycles. The first kappa shape index (κ1) is 16.5. The lowest BCUT2D eigenvalue weighted by Crippen LogP contribution is -2.03. The minimum atomic E-state index is 0.201. The number of rotatable bonds is 3. The number of aryl methyl sites for hydroxylation is 2. The van der Waals surface area contributed by atoms with E-state index in [0.29, 0.717) is 11.3 Å². The molecule has 0 unspecified atom stereocenters. The van der Waals surface area contributed by atoms with E-state index in [2.05, 4.69) is 26.2 Å². The fourth-order valence-corrected chi connectivity index (χ4v) is 3.27. The SMILES string of the molecule is Cc1n[nH]c(C)c1-c1cc(-c2cccn2-c2ccncc2)c(C#N)c(N)n1. The van der Waals surface area contributed by atoms with Crippen molar-refractivity contribution in [2.24, 2.45) is 0 Å². The number of nitriles is 1. The number of aromatic amines is 1. The van der Waals surface area contributed by atoms with E-state index in [-0.39, 0.29) is 5.82 Å². The van der Waals surface area contributed by atoms with Gasteiger partial charge in [0.2, 0.25) is 0 Å². The van der Waals surface area contributed by atoms with Crippen LogP contribution in [0.3, 0.4) is 0 Å². The Kier molecular flexibility index (Phi) is 3.94. The average molecular weight is 355 g/mol. The minimum Gasteiger partial charge on any atom is -0.383 e. The third-order valence-electron chi connectivity index (χ3n) is 4.51. The predicted octanol–water partition coefficient (Wildman–Crippen LogP) is 3.40. The van der Waals surface area contributed by atoms with Crippen molar-refractivity contribution in [3.05, 3.63) is 65.9 Å². The molecule has 0 aromatic carbocycles. The average Bonchev–Trinajstić information content (AvgIpc) is 3.28. The number of pyridine rings is 2. The first-order valence-electron chi connectivity index (χ1n) is 8.41. The lowest BCUT2D eigenvalue weighted by Gasteiger charge is -2.13. The van der Waals surface area contributed by atoms with E-state index in [4.69, 9.17) is 5.73 Å². The topological polar surface area (TPSA) is 109 Å². The zero-order chi connectivity index (χ0) is 19.0. The lowest BCUT2D eigenvalue weighted by molar-refractivity contribution is 1.02. The summed E-state index contributed by atoms with van der Waals surface area (Å²) in [4.78, 5) is 8.52. The number of nitrogens with one attached hydrogen (secondary N) is 1. The molecule has 4 aromatic rings. The van der Waals surface area contributed by atoms with Crippen LogP contribution < -0.4 is 5.73 Å². The Morgan fingerprint density at radius 1 is 1.19 bits per heavy atom. The molecule has 7 heteroatoms. The van der Waals surface area contributed by atoms with Crippen molar-refractivity contribution in [3.63, 3.8) is 0 Å². The molecule has 0 saturated heterocycles. The van der Waals surface area contributed by atoms with Gasteiger partial charge >= 0.3 is 0 Å². The smallest absolute Gasteiger partial charge is 0.142 e. The maximum Gasteiger partial charge on any atom is 0.142 e. The molecule has 132 valence electrons. The number of H-pyrrole nitrogens is 1. The molecule has 7 nitrogen and oxygen atoms in total. The van der Waals surface area contributed by atoms with Gasteiger partial charge in [-0.1, -0.05) is 0 Å². The van der Waals surface area contributed by atoms with E-state index in [9.17, 15) is 5.26 Å². The highest BCUT2D eigenvalue weighted by atomic mass is 15.1. The van der Waals surface area contributed by atoms with E-state index >= 15 is 0 Å². The van der Waals surface area contributed by atoms with Gasteiger partial charge in [0.25, 0.3) is 0 Å². The summed E-state index contributed by atoms with van der Waals surface area (Å²) in [5.74, 6) is 0.201. The van der Waals surface area contributed by atoms with Gasteiger partial charge in [-0.15, -0.1) is 0 Å². The van der Waals surface area contributed by atoms with Gasteiger partial charge in [-0.25, -0.2) is 4.98 Å². The Hall–Kier alpha value is -3.92. The van der Waals surface area contributed by atoms with E-state index in [1.54, 1.807) is 12.4 Å². The van der Waals surface area contributed by atoms with Gasteiger partial charge in [0.05, 0.1) is 17.1 Å². The summed E-state index contributed by atoms with van der Waals surface area (Å²) in [7, 11) is 0.